The van der Waals surface area contributed by atoms with Gasteiger partial charge in [0.25, 0.3) is 0 Å². The third kappa shape index (κ3) is 5.97. The first kappa shape index (κ1) is 26.2. The molecular weight excluding hydrogens is 448 g/mol. The van der Waals surface area contributed by atoms with Gasteiger partial charge in [-0.05, 0) is 48.6 Å². The Kier molecular flexibility index (Phi) is 9.19. The van der Waals surface area contributed by atoms with E-state index in [0.29, 0.717) is 17.1 Å². The lowest BCUT2D eigenvalue weighted by molar-refractivity contribution is -0.153. The summed E-state index contributed by atoms with van der Waals surface area (Å²) in [5.41, 5.74) is 5.42. The lowest BCUT2D eigenvalue weighted by Gasteiger charge is -2.46. The predicted octanol–water partition coefficient (Wildman–Crippen LogP) is 2.85. The molecule has 1 fully saturated rings. The van der Waals surface area contributed by atoms with Crippen molar-refractivity contribution in [1.29, 1.82) is 0 Å². The fourth-order valence-corrected chi connectivity index (χ4v) is 4.95. The summed E-state index contributed by atoms with van der Waals surface area (Å²) in [6.45, 7) is 0.395. The highest BCUT2D eigenvalue weighted by Gasteiger charge is 2.52. The quantitative estimate of drug-likeness (QED) is 0.479. The Morgan fingerprint density at radius 2 is 1.80 bits per heavy atom. The van der Waals surface area contributed by atoms with Crippen LogP contribution in [-0.2, 0) is 24.7 Å². The molecule has 188 valence electrons. The molecule has 0 spiro atoms. The number of anilines is 1. The molecule has 1 unspecified atom stereocenters. The number of nitrogens with zero attached hydrogens (tertiary/aromatic N) is 2. The molecule has 1 aliphatic carbocycles. The Morgan fingerprint density at radius 3 is 2.37 bits per heavy atom. The van der Waals surface area contributed by atoms with Crippen LogP contribution in [0.15, 0.2) is 48.7 Å². The average molecular weight is 483 g/mol. The van der Waals surface area contributed by atoms with Gasteiger partial charge in [-0.1, -0.05) is 31.0 Å². The summed E-state index contributed by atoms with van der Waals surface area (Å²) < 4.78 is 10.6. The molecule has 1 atom stereocenters. The molecule has 1 aromatic carbocycles. The van der Waals surface area contributed by atoms with Gasteiger partial charge in [0.15, 0.2) is 0 Å². The number of hydrogen-bond acceptors (Lipinski definition) is 6. The van der Waals surface area contributed by atoms with Gasteiger partial charge in [-0.3, -0.25) is 14.4 Å². The van der Waals surface area contributed by atoms with Gasteiger partial charge in [0.2, 0.25) is 17.7 Å². The number of pyridine rings is 1. The van der Waals surface area contributed by atoms with Gasteiger partial charge < -0.3 is 25.4 Å². The van der Waals surface area contributed by atoms with Crippen LogP contribution in [0.1, 0.15) is 44.1 Å². The van der Waals surface area contributed by atoms with Crippen LogP contribution in [0.2, 0.25) is 0 Å². The van der Waals surface area contributed by atoms with Crippen LogP contribution in [0.25, 0.3) is 0 Å². The maximum atomic E-state index is 13.7. The maximum absolute atomic E-state index is 13.7. The van der Waals surface area contributed by atoms with E-state index in [1.807, 2.05) is 0 Å². The van der Waals surface area contributed by atoms with Crippen LogP contribution >= 0.6 is 0 Å². The van der Waals surface area contributed by atoms with Crippen molar-refractivity contribution in [1.82, 2.24) is 9.88 Å². The second kappa shape index (κ2) is 12.3. The number of hydrogen-bond donors (Lipinski definition) is 2. The molecule has 1 aromatic heterocycles. The van der Waals surface area contributed by atoms with Crippen LogP contribution in [-0.4, -0.2) is 55.0 Å². The third-order valence-corrected chi connectivity index (χ3v) is 6.60. The number of methoxy groups -OCH3 is 2. The highest BCUT2D eigenvalue weighted by Crippen LogP contribution is 2.45. The second-order valence-electron chi connectivity index (χ2n) is 8.64. The number of aromatic nitrogens is 1. The smallest absolute Gasteiger partial charge is 0.248 e. The molecule has 2 aromatic rings. The SMILES string of the molecule is COCCN(C(=O)CCC(=O)Nc1ccccn1)C(C(N)=O)(c1ccc(OC)cc1)C1CCCC1. The van der Waals surface area contributed by atoms with Crippen LogP contribution in [0.5, 0.6) is 5.75 Å². The minimum absolute atomic E-state index is 0.0546. The summed E-state index contributed by atoms with van der Waals surface area (Å²) in [5, 5.41) is 2.69. The molecule has 9 heteroatoms. The molecule has 0 aliphatic heterocycles. The molecule has 0 saturated heterocycles. The molecule has 0 bridgehead atoms. The van der Waals surface area contributed by atoms with E-state index >= 15 is 0 Å². The first-order valence-corrected chi connectivity index (χ1v) is 11.9. The fourth-order valence-electron chi connectivity index (χ4n) is 4.95. The summed E-state index contributed by atoms with van der Waals surface area (Å²) in [4.78, 5) is 45.1. The summed E-state index contributed by atoms with van der Waals surface area (Å²) in [5.74, 6) is -0.344. The summed E-state index contributed by atoms with van der Waals surface area (Å²) in [6, 6.07) is 12.3. The van der Waals surface area contributed by atoms with Crippen LogP contribution in [0.4, 0.5) is 5.82 Å². The zero-order chi connectivity index (χ0) is 25.3. The summed E-state index contributed by atoms with van der Waals surface area (Å²) in [7, 11) is 3.11. The van der Waals surface area contributed by atoms with Crippen molar-refractivity contribution in [2.24, 2.45) is 11.7 Å². The standard InChI is InChI=1S/C26H34N4O5/c1-34-18-17-30(24(32)15-14-23(31)29-22-9-5-6-16-28-22)26(25(27)33,19-7-3-4-8-19)20-10-12-21(35-2)13-11-20/h5-6,9-13,16,19H,3-4,7-8,14-15,17-18H2,1-2H3,(H2,27,33)(H,28,29,31). The summed E-state index contributed by atoms with van der Waals surface area (Å²) >= 11 is 0. The number of carbonyl (C=O) groups is 3. The van der Waals surface area contributed by atoms with Crippen LogP contribution in [0.3, 0.4) is 0 Å². The van der Waals surface area contributed by atoms with Crippen molar-refractivity contribution in [3.05, 3.63) is 54.2 Å². The van der Waals surface area contributed by atoms with Crippen molar-refractivity contribution in [3.63, 3.8) is 0 Å². The molecule has 1 heterocycles. The maximum Gasteiger partial charge on any atom is 0.248 e. The molecule has 3 amide bonds. The monoisotopic (exact) mass is 482 g/mol. The van der Waals surface area contributed by atoms with Gasteiger partial charge in [-0.2, -0.15) is 0 Å². The van der Waals surface area contributed by atoms with Crippen LogP contribution in [0, 0.1) is 5.92 Å². The zero-order valence-electron chi connectivity index (χ0n) is 20.4. The first-order chi connectivity index (χ1) is 16.9. The first-order valence-electron chi connectivity index (χ1n) is 11.9. The van der Waals surface area contributed by atoms with Crippen molar-refractivity contribution in [2.45, 2.75) is 44.1 Å². The summed E-state index contributed by atoms with van der Waals surface area (Å²) in [6.07, 6.45) is 4.88. The molecule has 35 heavy (non-hydrogen) atoms. The van der Waals surface area contributed by atoms with Gasteiger partial charge >= 0.3 is 0 Å². The number of carbonyl (C=O) groups excluding carboxylic acids is 3. The number of ether oxygens (including phenoxy) is 2. The molecule has 1 aliphatic rings. The van der Waals surface area contributed by atoms with Crippen LogP contribution < -0.4 is 15.8 Å². The van der Waals surface area contributed by atoms with Crippen molar-refractivity contribution in [2.75, 3.05) is 32.7 Å². The van der Waals surface area contributed by atoms with Gasteiger partial charge in [-0.25, -0.2) is 4.98 Å². The number of primary amides is 1. The average Bonchev–Trinajstić information content (AvgIpc) is 3.41. The highest BCUT2D eigenvalue weighted by atomic mass is 16.5. The molecule has 1 saturated carbocycles. The Morgan fingerprint density at radius 1 is 1.09 bits per heavy atom. The molecular formula is C26H34N4O5. The highest BCUT2D eigenvalue weighted by molar-refractivity contribution is 5.95. The lowest BCUT2D eigenvalue weighted by Crippen LogP contribution is -2.61. The lowest BCUT2D eigenvalue weighted by atomic mass is 9.74. The fraction of sp³-hybridized carbons (Fsp3) is 0.462. The van der Waals surface area contributed by atoms with Gasteiger partial charge in [0, 0.05) is 32.7 Å². The predicted molar refractivity (Wildman–Crippen MR) is 132 cm³/mol. The van der Waals surface area contributed by atoms with Crippen molar-refractivity contribution < 1.29 is 23.9 Å². The minimum Gasteiger partial charge on any atom is -0.497 e. The number of nitrogens with two attached hydrogens (primary N) is 1. The van der Waals surface area contributed by atoms with Crippen molar-refractivity contribution in [3.8, 4) is 5.75 Å². The number of amides is 3. The van der Waals surface area contributed by atoms with E-state index in [2.05, 4.69) is 10.3 Å². The molecule has 3 N–H and O–H groups in total. The molecule has 9 nitrogen and oxygen atoms in total. The van der Waals surface area contributed by atoms with E-state index in [-0.39, 0.29) is 43.7 Å². The molecule has 3 rings (SSSR count). The Bertz CT molecular complexity index is 993. The van der Waals surface area contributed by atoms with E-state index in [1.165, 1.54) is 12.0 Å². The number of rotatable bonds is 12. The Labute approximate surface area is 206 Å². The van der Waals surface area contributed by atoms with E-state index in [9.17, 15) is 14.4 Å². The number of benzene rings is 1. The van der Waals surface area contributed by atoms with Gasteiger partial charge in [0.1, 0.15) is 17.1 Å². The number of nitrogens with one attached hydrogen (secondary N) is 1. The van der Waals surface area contributed by atoms with E-state index in [4.69, 9.17) is 15.2 Å². The van der Waals surface area contributed by atoms with Gasteiger partial charge in [0.05, 0.1) is 13.7 Å². The van der Waals surface area contributed by atoms with Crippen molar-refractivity contribution >= 4 is 23.5 Å². The topological polar surface area (TPSA) is 124 Å². The second-order valence-corrected chi connectivity index (χ2v) is 8.64. The third-order valence-electron chi connectivity index (χ3n) is 6.60. The van der Waals surface area contributed by atoms with Gasteiger partial charge in [-0.15, -0.1) is 0 Å². The molecule has 0 radical (unpaired) electrons. The van der Waals surface area contributed by atoms with E-state index in [0.717, 1.165) is 25.7 Å². The Balaban J connectivity index is 1.92. The van der Waals surface area contributed by atoms with E-state index in [1.54, 1.807) is 55.8 Å². The van der Waals surface area contributed by atoms with E-state index < -0.39 is 11.4 Å². The zero-order valence-corrected chi connectivity index (χ0v) is 20.4. The minimum atomic E-state index is -1.35. The largest absolute Gasteiger partial charge is 0.497 e. The normalized spacial score (nSPS) is 15.3. The Hall–Kier alpha value is -3.46.